The van der Waals surface area contributed by atoms with Crippen LogP contribution in [0.2, 0.25) is 0 Å². The molecule has 0 aliphatic carbocycles. The number of ether oxygens (including phenoxy) is 2. The maximum absolute atomic E-state index is 12.5. The second kappa shape index (κ2) is 9.90. The van der Waals surface area contributed by atoms with Gasteiger partial charge in [0.15, 0.2) is 0 Å². The first-order chi connectivity index (χ1) is 15.0. The molecule has 0 radical (unpaired) electrons. The lowest BCUT2D eigenvalue weighted by atomic mass is 10.1. The van der Waals surface area contributed by atoms with Gasteiger partial charge in [0.05, 0.1) is 12.7 Å². The SMILES string of the molecule is COc1ccc(C(=O)Oc2cccc(/C=C(/C#N)C(=O)Nc3ccccc3C)c2)cc1. The topological polar surface area (TPSA) is 88.4 Å². The van der Waals surface area contributed by atoms with Gasteiger partial charge in [-0.05, 0) is 66.6 Å². The van der Waals surface area contributed by atoms with E-state index >= 15 is 0 Å². The van der Waals surface area contributed by atoms with E-state index in [-0.39, 0.29) is 5.57 Å². The van der Waals surface area contributed by atoms with E-state index in [0.717, 1.165) is 5.56 Å². The number of para-hydroxylation sites is 1. The summed E-state index contributed by atoms with van der Waals surface area (Å²) < 4.78 is 10.5. The van der Waals surface area contributed by atoms with Gasteiger partial charge in [-0.2, -0.15) is 5.26 Å². The van der Waals surface area contributed by atoms with E-state index in [1.807, 2.05) is 25.1 Å². The standard InChI is InChI=1S/C25H20N2O4/c1-17-6-3-4-9-23(17)27-24(28)20(16-26)14-18-7-5-8-22(15-18)31-25(29)19-10-12-21(30-2)13-11-19/h3-15H,1-2H3,(H,27,28)/b20-14-. The number of amides is 1. The first kappa shape index (κ1) is 21.3. The molecule has 0 atom stereocenters. The van der Waals surface area contributed by atoms with Gasteiger partial charge in [0, 0.05) is 5.69 Å². The highest BCUT2D eigenvalue weighted by Gasteiger charge is 2.12. The molecular formula is C25H20N2O4. The molecule has 0 saturated heterocycles. The van der Waals surface area contributed by atoms with Gasteiger partial charge in [-0.1, -0.05) is 30.3 Å². The van der Waals surface area contributed by atoms with Crippen LogP contribution in [0, 0.1) is 18.3 Å². The van der Waals surface area contributed by atoms with Gasteiger partial charge >= 0.3 is 5.97 Å². The van der Waals surface area contributed by atoms with Crippen LogP contribution in [0.5, 0.6) is 11.5 Å². The summed E-state index contributed by atoms with van der Waals surface area (Å²) in [6, 6.07) is 22.4. The molecule has 6 nitrogen and oxygen atoms in total. The Hall–Kier alpha value is -4.37. The summed E-state index contributed by atoms with van der Waals surface area (Å²) in [5, 5.41) is 12.2. The molecule has 0 spiro atoms. The zero-order valence-corrected chi connectivity index (χ0v) is 17.1. The number of nitrogens with one attached hydrogen (secondary N) is 1. The molecule has 0 bridgehead atoms. The summed E-state index contributed by atoms with van der Waals surface area (Å²) in [4.78, 5) is 24.9. The third-order valence-electron chi connectivity index (χ3n) is 4.46. The molecule has 0 unspecified atom stereocenters. The summed E-state index contributed by atoms with van der Waals surface area (Å²) in [6.07, 6.45) is 1.44. The Morgan fingerprint density at radius 1 is 0.968 bits per heavy atom. The molecule has 0 aliphatic heterocycles. The Bertz CT molecular complexity index is 1170. The third-order valence-corrected chi connectivity index (χ3v) is 4.46. The average molecular weight is 412 g/mol. The summed E-state index contributed by atoms with van der Waals surface area (Å²) in [5.41, 5.74) is 2.38. The fourth-order valence-electron chi connectivity index (χ4n) is 2.78. The van der Waals surface area contributed by atoms with E-state index in [4.69, 9.17) is 9.47 Å². The van der Waals surface area contributed by atoms with Gasteiger partial charge in [-0.25, -0.2) is 4.79 Å². The van der Waals surface area contributed by atoms with Crippen molar-refractivity contribution in [3.63, 3.8) is 0 Å². The van der Waals surface area contributed by atoms with Gasteiger partial charge < -0.3 is 14.8 Å². The van der Waals surface area contributed by atoms with Crippen molar-refractivity contribution < 1.29 is 19.1 Å². The van der Waals surface area contributed by atoms with Gasteiger partial charge in [-0.3, -0.25) is 4.79 Å². The molecule has 0 saturated carbocycles. The molecule has 0 aliphatic rings. The normalized spacial score (nSPS) is 10.7. The van der Waals surface area contributed by atoms with E-state index in [0.29, 0.717) is 28.3 Å². The van der Waals surface area contributed by atoms with Crippen LogP contribution in [0.25, 0.3) is 6.08 Å². The Labute approximate surface area is 180 Å². The maximum atomic E-state index is 12.5. The first-order valence-corrected chi connectivity index (χ1v) is 9.45. The fraction of sp³-hybridized carbons (Fsp3) is 0.0800. The highest BCUT2D eigenvalue weighted by Crippen LogP contribution is 2.20. The van der Waals surface area contributed by atoms with Gasteiger partial charge in [-0.15, -0.1) is 0 Å². The molecule has 154 valence electrons. The predicted molar refractivity (Wildman–Crippen MR) is 118 cm³/mol. The second-order valence-corrected chi connectivity index (χ2v) is 6.63. The van der Waals surface area contributed by atoms with Crippen molar-refractivity contribution in [2.75, 3.05) is 12.4 Å². The van der Waals surface area contributed by atoms with Crippen LogP contribution in [-0.2, 0) is 4.79 Å². The van der Waals surface area contributed by atoms with Crippen LogP contribution in [-0.4, -0.2) is 19.0 Å². The van der Waals surface area contributed by atoms with Gasteiger partial charge in [0.25, 0.3) is 5.91 Å². The van der Waals surface area contributed by atoms with E-state index in [2.05, 4.69) is 5.32 Å². The van der Waals surface area contributed by atoms with Crippen molar-refractivity contribution in [1.82, 2.24) is 0 Å². The molecule has 1 N–H and O–H groups in total. The number of methoxy groups -OCH3 is 1. The molecule has 6 heteroatoms. The summed E-state index contributed by atoms with van der Waals surface area (Å²) >= 11 is 0. The fourth-order valence-corrected chi connectivity index (χ4v) is 2.78. The van der Waals surface area contributed by atoms with E-state index < -0.39 is 11.9 Å². The Morgan fingerprint density at radius 3 is 2.39 bits per heavy atom. The second-order valence-electron chi connectivity index (χ2n) is 6.63. The highest BCUT2D eigenvalue weighted by molar-refractivity contribution is 6.10. The van der Waals surface area contributed by atoms with Crippen LogP contribution in [0.1, 0.15) is 21.5 Å². The predicted octanol–water partition coefficient (Wildman–Crippen LogP) is 4.77. The Morgan fingerprint density at radius 2 is 1.71 bits per heavy atom. The highest BCUT2D eigenvalue weighted by atomic mass is 16.5. The van der Waals surface area contributed by atoms with Gasteiger partial charge in [0.1, 0.15) is 23.1 Å². The minimum absolute atomic E-state index is 0.0677. The molecule has 0 aromatic heterocycles. The molecule has 3 rings (SSSR count). The zero-order chi connectivity index (χ0) is 22.2. The van der Waals surface area contributed by atoms with Crippen molar-refractivity contribution in [3.05, 3.63) is 95.1 Å². The number of carbonyl (C=O) groups is 2. The number of rotatable bonds is 6. The van der Waals surface area contributed by atoms with Crippen molar-refractivity contribution in [3.8, 4) is 17.6 Å². The van der Waals surface area contributed by atoms with Crippen molar-refractivity contribution in [2.24, 2.45) is 0 Å². The minimum atomic E-state index is -0.526. The molecule has 0 fully saturated rings. The first-order valence-electron chi connectivity index (χ1n) is 9.45. The molecule has 1 amide bonds. The molecule has 31 heavy (non-hydrogen) atoms. The number of hydrogen-bond donors (Lipinski definition) is 1. The zero-order valence-electron chi connectivity index (χ0n) is 17.1. The summed E-state index contributed by atoms with van der Waals surface area (Å²) in [6.45, 7) is 1.87. The molecule has 3 aromatic rings. The van der Waals surface area contributed by atoms with Gasteiger partial charge in [0.2, 0.25) is 0 Å². The summed E-state index contributed by atoms with van der Waals surface area (Å²) in [5.74, 6) is -0.109. The van der Waals surface area contributed by atoms with Crippen LogP contribution in [0.4, 0.5) is 5.69 Å². The molecular weight excluding hydrogens is 392 g/mol. The van der Waals surface area contributed by atoms with E-state index in [1.165, 1.54) is 6.08 Å². The monoisotopic (exact) mass is 412 g/mol. The quantitative estimate of drug-likeness (QED) is 0.273. The minimum Gasteiger partial charge on any atom is -0.497 e. The third kappa shape index (κ3) is 5.58. The van der Waals surface area contributed by atoms with E-state index in [9.17, 15) is 14.9 Å². The number of benzene rings is 3. The number of hydrogen-bond acceptors (Lipinski definition) is 5. The van der Waals surface area contributed by atoms with Crippen LogP contribution >= 0.6 is 0 Å². The number of anilines is 1. The summed E-state index contributed by atoms with van der Waals surface area (Å²) in [7, 11) is 1.54. The van der Waals surface area contributed by atoms with Crippen LogP contribution < -0.4 is 14.8 Å². The lowest BCUT2D eigenvalue weighted by molar-refractivity contribution is -0.112. The number of esters is 1. The number of nitrogens with zero attached hydrogens (tertiary/aromatic N) is 1. The average Bonchev–Trinajstić information content (AvgIpc) is 2.79. The molecule has 0 heterocycles. The number of carbonyl (C=O) groups excluding carboxylic acids is 2. The number of nitriles is 1. The van der Waals surface area contributed by atoms with E-state index in [1.54, 1.807) is 67.8 Å². The number of aryl methyl sites for hydroxylation is 1. The lowest BCUT2D eigenvalue weighted by Gasteiger charge is -2.08. The Balaban J connectivity index is 1.75. The smallest absolute Gasteiger partial charge is 0.343 e. The van der Waals surface area contributed by atoms with Crippen molar-refractivity contribution in [2.45, 2.75) is 6.92 Å². The molecule has 3 aromatic carbocycles. The van der Waals surface area contributed by atoms with Crippen molar-refractivity contribution >= 4 is 23.6 Å². The lowest BCUT2D eigenvalue weighted by Crippen LogP contribution is -2.14. The largest absolute Gasteiger partial charge is 0.497 e. The van der Waals surface area contributed by atoms with Crippen LogP contribution in [0.15, 0.2) is 78.4 Å². The van der Waals surface area contributed by atoms with Crippen molar-refractivity contribution in [1.29, 1.82) is 5.26 Å². The Kier molecular flexibility index (Phi) is 6.82. The maximum Gasteiger partial charge on any atom is 0.343 e. The van der Waals surface area contributed by atoms with Crippen LogP contribution in [0.3, 0.4) is 0 Å².